The number of fused-ring (bicyclic) bond motifs is 1. The van der Waals surface area contributed by atoms with Crippen molar-refractivity contribution in [2.24, 2.45) is 5.92 Å². The number of benzene rings is 2. The Morgan fingerprint density at radius 2 is 1.84 bits per heavy atom. The van der Waals surface area contributed by atoms with Gasteiger partial charge in [0.2, 0.25) is 5.90 Å². The van der Waals surface area contributed by atoms with E-state index in [1.165, 1.54) is 19.1 Å². The largest absolute Gasteiger partial charge is 0.573 e. The Kier molecular flexibility index (Phi) is 5.30. The van der Waals surface area contributed by atoms with Crippen molar-refractivity contribution in [3.8, 4) is 22.8 Å². The third kappa shape index (κ3) is 4.96. The van der Waals surface area contributed by atoms with Gasteiger partial charge in [0, 0.05) is 5.92 Å². The fourth-order valence-corrected chi connectivity index (χ4v) is 2.99. The van der Waals surface area contributed by atoms with Gasteiger partial charge < -0.3 is 18.7 Å². The molecule has 1 fully saturated rings. The molecule has 0 unspecified atom stereocenters. The highest BCUT2D eigenvalue weighted by molar-refractivity contribution is 5.92. The molecule has 0 atom stereocenters. The van der Waals surface area contributed by atoms with Crippen LogP contribution in [0.15, 0.2) is 40.9 Å². The zero-order chi connectivity index (χ0) is 22.2. The van der Waals surface area contributed by atoms with Crippen LogP contribution in [0.25, 0.3) is 22.1 Å². The molecule has 1 saturated carbocycles. The standard InChI is InChI=1S/C21H18F3N3O4/c1-11-8-13(4-6-16(11)30-21(22,23)24)14-5-7-17-15(9-14)20(27-31-17)28-10-18(25)29-19(26)12-2-3-12/h4-9,12,25-26H,2-3,10H2,1H3. The number of aromatic nitrogens is 1. The minimum absolute atomic E-state index is 0.0641. The van der Waals surface area contributed by atoms with Gasteiger partial charge in [-0.05, 0) is 65.9 Å². The van der Waals surface area contributed by atoms with Crippen molar-refractivity contribution in [2.75, 3.05) is 6.61 Å². The first-order valence-electron chi connectivity index (χ1n) is 9.42. The average Bonchev–Trinajstić information content (AvgIpc) is 3.48. The zero-order valence-electron chi connectivity index (χ0n) is 16.4. The molecule has 162 valence electrons. The van der Waals surface area contributed by atoms with Gasteiger partial charge in [-0.25, -0.2) is 0 Å². The van der Waals surface area contributed by atoms with Crippen LogP contribution in [0.5, 0.6) is 11.6 Å². The van der Waals surface area contributed by atoms with Crippen LogP contribution in [0.3, 0.4) is 0 Å². The molecule has 1 aliphatic rings. The summed E-state index contributed by atoms with van der Waals surface area (Å²) in [5.74, 6) is -0.167. The summed E-state index contributed by atoms with van der Waals surface area (Å²) in [5, 5.41) is 19.9. The van der Waals surface area contributed by atoms with E-state index in [2.05, 4.69) is 9.89 Å². The van der Waals surface area contributed by atoms with Gasteiger partial charge in [0.1, 0.15) is 5.75 Å². The minimum Gasteiger partial charge on any atom is -0.465 e. The van der Waals surface area contributed by atoms with Gasteiger partial charge in [-0.1, -0.05) is 12.1 Å². The first-order valence-corrected chi connectivity index (χ1v) is 9.42. The lowest BCUT2D eigenvalue weighted by Gasteiger charge is -2.12. The molecule has 0 radical (unpaired) electrons. The van der Waals surface area contributed by atoms with E-state index in [0.717, 1.165) is 12.8 Å². The molecule has 1 aliphatic carbocycles. The molecule has 0 saturated heterocycles. The highest BCUT2D eigenvalue weighted by Gasteiger charge is 2.32. The van der Waals surface area contributed by atoms with E-state index in [1.807, 2.05) is 0 Å². The Hall–Kier alpha value is -3.56. The van der Waals surface area contributed by atoms with Gasteiger partial charge in [-0.3, -0.25) is 10.8 Å². The second-order valence-corrected chi connectivity index (χ2v) is 7.18. The molecule has 4 rings (SSSR count). The van der Waals surface area contributed by atoms with Crippen molar-refractivity contribution in [2.45, 2.75) is 26.1 Å². The van der Waals surface area contributed by atoms with Gasteiger partial charge in [-0.2, -0.15) is 0 Å². The SMILES string of the molecule is Cc1cc(-c2ccc3onc(OCC(=N)OC(=N)C4CC4)c3c2)ccc1OC(F)(F)F. The van der Waals surface area contributed by atoms with Gasteiger partial charge in [0.25, 0.3) is 5.88 Å². The maximum Gasteiger partial charge on any atom is 0.573 e. The van der Waals surface area contributed by atoms with Crippen molar-refractivity contribution in [3.05, 3.63) is 42.0 Å². The predicted octanol–water partition coefficient (Wildman–Crippen LogP) is 5.46. The van der Waals surface area contributed by atoms with Gasteiger partial charge in [0.15, 0.2) is 18.1 Å². The molecule has 1 heterocycles. The van der Waals surface area contributed by atoms with Crippen molar-refractivity contribution < 1.29 is 31.9 Å². The van der Waals surface area contributed by atoms with Crippen LogP contribution in [0.1, 0.15) is 18.4 Å². The van der Waals surface area contributed by atoms with Crippen LogP contribution in [-0.2, 0) is 4.74 Å². The van der Waals surface area contributed by atoms with Crippen molar-refractivity contribution in [3.63, 3.8) is 0 Å². The number of rotatable bonds is 6. The molecule has 0 aliphatic heterocycles. The fraction of sp³-hybridized carbons (Fsp3) is 0.286. The quantitative estimate of drug-likeness (QED) is 0.397. The highest BCUT2D eigenvalue weighted by Crippen LogP contribution is 2.34. The Labute approximate surface area is 174 Å². The lowest BCUT2D eigenvalue weighted by molar-refractivity contribution is -0.274. The van der Waals surface area contributed by atoms with Gasteiger partial charge >= 0.3 is 6.36 Å². The first-order chi connectivity index (χ1) is 14.7. The van der Waals surface area contributed by atoms with Gasteiger partial charge in [-0.15, -0.1) is 13.2 Å². The van der Waals surface area contributed by atoms with Crippen molar-refractivity contribution >= 4 is 22.8 Å². The third-order valence-electron chi connectivity index (χ3n) is 4.69. The number of aryl methyl sites for hydroxylation is 1. The highest BCUT2D eigenvalue weighted by atomic mass is 19.4. The molecule has 0 bridgehead atoms. The van der Waals surface area contributed by atoms with E-state index in [4.69, 9.17) is 24.8 Å². The molecule has 3 aromatic rings. The monoisotopic (exact) mass is 433 g/mol. The minimum atomic E-state index is -4.76. The summed E-state index contributed by atoms with van der Waals surface area (Å²) in [6.07, 6.45) is -2.96. The lowest BCUT2D eigenvalue weighted by Crippen LogP contribution is -2.19. The van der Waals surface area contributed by atoms with E-state index < -0.39 is 6.36 Å². The zero-order valence-corrected chi connectivity index (χ0v) is 16.4. The van der Waals surface area contributed by atoms with Crippen LogP contribution in [0.4, 0.5) is 13.2 Å². The van der Waals surface area contributed by atoms with E-state index in [0.29, 0.717) is 27.7 Å². The fourth-order valence-electron chi connectivity index (χ4n) is 2.99. The molecule has 2 N–H and O–H groups in total. The molecule has 1 aromatic heterocycles. The summed E-state index contributed by atoms with van der Waals surface area (Å²) in [7, 11) is 0. The van der Waals surface area contributed by atoms with Crippen LogP contribution in [0.2, 0.25) is 0 Å². The summed E-state index contributed by atoms with van der Waals surface area (Å²) < 4.78 is 57.3. The van der Waals surface area contributed by atoms with Crippen molar-refractivity contribution in [1.82, 2.24) is 5.16 Å². The molecule has 2 aromatic carbocycles. The predicted molar refractivity (Wildman–Crippen MR) is 106 cm³/mol. The summed E-state index contributed by atoms with van der Waals surface area (Å²) in [6.45, 7) is 1.31. The van der Waals surface area contributed by atoms with E-state index in [1.54, 1.807) is 24.3 Å². The lowest BCUT2D eigenvalue weighted by atomic mass is 10.0. The molecular formula is C21H18F3N3O4. The van der Waals surface area contributed by atoms with E-state index >= 15 is 0 Å². The third-order valence-corrected chi connectivity index (χ3v) is 4.69. The first kappa shape index (κ1) is 20.7. The van der Waals surface area contributed by atoms with E-state index in [9.17, 15) is 13.2 Å². The maximum atomic E-state index is 12.5. The summed E-state index contributed by atoms with van der Waals surface area (Å²) in [4.78, 5) is 0. The van der Waals surface area contributed by atoms with Crippen LogP contribution < -0.4 is 9.47 Å². The van der Waals surface area contributed by atoms with Gasteiger partial charge in [0.05, 0.1) is 5.39 Å². The van der Waals surface area contributed by atoms with Crippen molar-refractivity contribution in [1.29, 1.82) is 10.8 Å². The normalized spacial score (nSPS) is 13.8. The smallest absolute Gasteiger partial charge is 0.465 e. The van der Waals surface area contributed by atoms with Crippen LogP contribution in [0, 0.1) is 23.7 Å². The van der Waals surface area contributed by atoms with Crippen LogP contribution in [-0.4, -0.2) is 29.9 Å². The van der Waals surface area contributed by atoms with Crippen LogP contribution >= 0.6 is 0 Å². The second-order valence-electron chi connectivity index (χ2n) is 7.18. The number of hydrogen-bond acceptors (Lipinski definition) is 7. The summed E-state index contributed by atoms with van der Waals surface area (Å²) >= 11 is 0. The van der Waals surface area contributed by atoms with E-state index in [-0.39, 0.29) is 35.9 Å². The summed E-state index contributed by atoms with van der Waals surface area (Å²) in [6, 6.07) is 9.53. The second kappa shape index (κ2) is 7.93. The number of alkyl halides is 3. The Morgan fingerprint density at radius 3 is 2.52 bits per heavy atom. The Morgan fingerprint density at radius 1 is 1.13 bits per heavy atom. The Bertz CT molecular complexity index is 1150. The average molecular weight is 433 g/mol. The molecule has 0 amide bonds. The molecule has 10 heteroatoms. The number of halogens is 3. The molecule has 31 heavy (non-hydrogen) atoms. The summed E-state index contributed by atoms with van der Waals surface area (Å²) in [5.41, 5.74) is 2.17. The maximum absolute atomic E-state index is 12.5. The topological polar surface area (TPSA) is 101 Å². The Balaban J connectivity index is 1.50. The molecule has 0 spiro atoms. The number of nitrogens with one attached hydrogen (secondary N) is 2. The number of ether oxygens (including phenoxy) is 3. The number of nitrogens with zero attached hydrogens (tertiary/aromatic N) is 1. The molecular weight excluding hydrogens is 415 g/mol. The molecule has 7 nitrogen and oxygen atoms in total. The number of hydrogen-bond donors (Lipinski definition) is 2.